The van der Waals surface area contributed by atoms with E-state index in [1.54, 1.807) is 47.4 Å². The number of phenols is 1. The Hall–Kier alpha value is -2.90. The molecular formula is C19H22N4O3. The maximum atomic E-state index is 12.6. The minimum atomic E-state index is -0.542. The van der Waals surface area contributed by atoms with Crippen LogP contribution in [0.5, 0.6) is 5.75 Å². The Morgan fingerprint density at radius 3 is 2.88 bits per heavy atom. The number of anilines is 1. The first-order valence-corrected chi connectivity index (χ1v) is 8.31. The normalized spacial score (nSPS) is 12.5. The molecule has 3 aromatic rings. The highest BCUT2D eigenvalue weighted by Gasteiger charge is 2.13. The molecule has 2 aromatic carbocycles. The second-order valence-electron chi connectivity index (χ2n) is 6.53. The van der Waals surface area contributed by atoms with Crippen molar-refractivity contribution in [2.24, 2.45) is 0 Å². The van der Waals surface area contributed by atoms with Gasteiger partial charge in [0.1, 0.15) is 5.75 Å². The molecular weight excluding hydrogens is 332 g/mol. The number of amides is 1. The molecule has 0 fully saturated rings. The van der Waals surface area contributed by atoms with Gasteiger partial charge >= 0.3 is 0 Å². The number of aromatic hydroxyl groups is 1. The number of likely N-dealkylation sites (N-methyl/N-ethyl adjacent to an activating group) is 1. The van der Waals surface area contributed by atoms with Crippen molar-refractivity contribution in [3.05, 3.63) is 54.4 Å². The van der Waals surface area contributed by atoms with Crippen LogP contribution in [-0.2, 0) is 6.54 Å². The minimum absolute atomic E-state index is 0.160. The minimum Gasteiger partial charge on any atom is -0.508 e. The average molecular weight is 354 g/mol. The van der Waals surface area contributed by atoms with Gasteiger partial charge in [-0.2, -0.15) is 5.10 Å². The van der Waals surface area contributed by atoms with E-state index in [9.17, 15) is 15.0 Å². The van der Waals surface area contributed by atoms with Crippen LogP contribution in [0.25, 0.3) is 10.8 Å². The van der Waals surface area contributed by atoms with Crippen molar-refractivity contribution in [1.82, 2.24) is 14.7 Å². The number of nitrogens with one attached hydrogen (secondary N) is 1. The smallest absolute Gasteiger partial charge is 0.256 e. The molecule has 1 atom stereocenters. The van der Waals surface area contributed by atoms with Gasteiger partial charge in [-0.05, 0) is 49.1 Å². The van der Waals surface area contributed by atoms with Crippen LogP contribution in [0, 0.1) is 0 Å². The third kappa shape index (κ3) is 4.19. The number of carbonyl (C=O) groups excluding carboxylic acids is 1. The van der Waals surface area contributed by atoms with Crippen molar-refractivity contribution in [2.45, 2.75) is 12.6 Å². The van der Waals surface area contributed by atoms with Crippen molar-refractivity contribution in [3.63, 3.8) is 0 Å². The van der Waals surface area contributed by atoms with Crippen LogP contribution in [0.15, 0.2) is 48.8 Å². The lowest BCUT2D eigenvalue weighted by Crippen LogP contribution is -2.29. The van der Waals surface area contributed by atoms with Crippen LogP contribution in [0.4, 0.5) is 5.69 Å². The van der Waals surface area contributed by atoms with Crippen LogP contribution >= 0.6 is 0 Å². The standard InChI is InChI=1S/C19H22N4O3/c1-22(2)11-16(25)12-23-10-14(9-20-23)21-19(26)18-5-3-4-13-8-15(24)6-7-17(13)18/h3-10,16,24-25H,11-12H2,1-2H3,(H,21,26). The Morgan fingerprint density at radius 2 is 2.12 bits per heavy atom. The van der Waals surface area contributed by atoms with Crippen molar-refractivity contribution in [3.8, 4) is 5.75 Å². The molecule has 7 nitrogen and oxygen atoms in total. The molecule has 0 aliphatic rings. The summed E-state index contributed by atoms with van der Waals surface area (Å²) in [5, 5.41) is 28.1. The van der Waals surface area contributed by atoms with Gasteiger partial charge in [-0.3, -0.25) is 9.48 Å². The zero-order chi connectivity index (χ0) is 18.7. The van der Waals surface area contributed by atoms with Gasteiger partial charge in [-0.15, -0.1) is 0 Å². The summed E-state index contributed by atoms with van der Waals surface area (Å²) in [6.07, 6.45) is 2.70. The molecule has 0 saturated carbocycles. The van der Waals surface area contributed by atoms with E-state index >= 15 is 0 Å². The van der Waals surface area contributed by atoms with Gasteiger partial charge in [0.15, 0.2) is 0 Å². The monoisotopic (exact) mass is 354 g/mol. The Balaban J connectivity index is 1.73. The Kier molecular flexibility index (Phi) is 5.20. The van der Waals surface area contributed by atoms with Crippen molar-refractivity contribution >= 4 is 22.4 Å². The Labute approximate surface area is 151 Å². The number of hydrogen-bond donors (Lipinski definition) is 3. The summed E-state index contributed by atoms with van der Waals surface area (Å²) in [6, 6.07) is 10.3. The van der Waals surface area contributed by atoms with Crippen LogP contribution in [0.1, 0.15) is 10.4 Å². The predicted molar refractivity (Wildman–Crippen MR) is 100 cm³/mol. The summed E-state index contributed by atoms with van der Waals surface area (Å²) in [5.41, 5.74) is 1.07. The van der Waals surface area contributed by atoms with Crippen molar-refractivity contribution in [1.29, 1.82) is 0 Å². The largest absolute Gasteiger partial charge is 0.508 e. The lowest BCUT2D eigenvalue weighted by Gasteiger charge is -2.15. The van der Waals surface area contributed by atoms with E-state index in [0.717, 1.165) is 10.8 Å². The highest BCUT2D eigenvalue weighted by molar-refractivity contribution is 6.13. The molecule has 1 heterocycles. The molecule has 1 amide bonds. The van der Waals surface area contributed by atoms with E-state index in [2.05, 4.69) is 10.4 Å². The number of nitrogens with zero attached hydrogens (tertiary/aromatic N) is 3. The van der Waals surface area contributed by atoms with Gasteiger partial charge in [-0.25, -0.2) is 0 Å². The molecule has 136 valence electrons. The first-order chi connectivity index (χ1) is 12.4. The second kappa shape index (κ2) is 7.55. The molecule has 26 heavy (non-hydrogen) atoms. The van der Waals surface area contributed by atoms with Gasteiger partial charge in [0.05, 0.1) is 24.5 Å². The Bertz CT molecular complexity index is 920. The first kappa shape index (κ1) is 17.9. The topological polar surface area (TPSA) is 90.6 Å². The second-order valence-corrected chi connectivity index (χ2v) is 6.53. The molecule has 0 spiro atoms. The molecule has 1 aromatic heterocycles. The maximum absolute atomic E-state index is 12.6. The molecule has 7 heteroatoms. The predicted octanol–water partition coefficient (Wildman–Crippen LogP) is 1.92. The number of rotatable bonds is 6. The third-order valence-electron chi connectivity index (χ3n) is 3.97. The lowest BCUT2D eigenvalue weighted by molar-refractivity contribution is 0.102. The van der Waals surface area contributed by atoms with Gasteiger partial charge in [0, 0.05) is 18.3 Å². The van der Waals surface area contributed by atoms with Crippen molar-refractivity contribution < 1.29 is 15.0 Å². The average Bonchev–Trinajstić information content (AvgIpc) is 2.99. The summed E-state index contributed by atoms with van der Waals surface area (Å²) in [6.45, 7) is 0.881. The fourth-order valence-corrected chi connectivity index (χ4v) is 2.89. The number of aliphatic hydroxyl groups is 1. The molecule has 3 N–H and O–H groups in total. The summed E-state index contributed by atoms with van der Waals surface area (Å²) < 4.78 is 1.60. The van der Waals surface area contributed by atoms with Gasteiger partial charge in [-0.1, -0.05) is 12.1 Å². The Morgan fingerprint density at radius 1 is 1.31 bits per heavy atom. The molecule has 1 unspecified atom stereocenters. The number of hydrogen-bond acceptors (Lipinski definition) is 5. The first-order valence-electron chi connectivity index (χ1n) is 8.31. The number of carbonyl (C=O) groups is 1. The summed E-state index contributed by atoms with van der Waals surface area (Å²) in [5.74, 6) is -0.0951. The number of aliphatic hydroxyl groups excluding tert-OH is 1. The zero-order valence-electron chi connectivity index (χ0n) is 14.8. The van der Waals surface area contributed by atoms with Gasteiger partial charge < -0.3 is 20.4 Å². The van der Waals surface area contributed by atoms with E-state index in [1.165, 1.54) is 0 Å². The van der Waals surface area contributed by atoms with E-state index < -0.39 is 6.10 Å². The van der Waals surface area contributed by atoms with Crippen LogP contribution in [0.3, 0.4) is 0 Å². The summed E-state index contributed by atoms with van der Waals surface area (Å²) >= 11 is 0. The van der Waals surface area contributed by atoms with Crippen LogP contribution < -0.4 is 5.32 Å². The van der Waals surface area contributed by atoms with E-state index in [-0.39, 0.29) is 11.7 Å². The molecule has 0 aliphatic carbocycles. The van der Waals surface area contributed by atoms with E-state index in [4.69, 9.17) is 0 Å². The highest BCUT2D eigenvalue weighted by atomic mass is 16.3. The lowest BCUT2D eigenvalue weighted by atomic mass is 10.0. The summed E-state index contributed by atoms with van der Waals surface area (Å²) in [7, 11) is 3.78. The molecule has 0 aliphatic heterocycles. The molecule has 0 bridgehead atoms. The molecule has 3 rings (SSSR count). The summed E-state index contributed by atoms with van der Waals surface area (Å²) in [4.78, 5) is 14.5. The number of benzene rings is 2. The fraction of sp³-hybridized carbons (Fsp3) is 0.263. The zero-order valence-corrected chi connectivity index (χ0v) is 14.8. The third-order valence-corrected chi connectivity index (χ3v) is 3.97. The quantitative estimate of drug-likeness (QED) is 0.629. The van der Waals surface area contributed by atoms with Crippen LogP contribution in [0.2, 0.25) is 0 Å². The number of phenolic OH excluding ortho intramolecular Hbond substituents is 1. The SMILES string of the molecule is CN(C)CC(O)Cn1cc(NC(=O)c2cccc3cc(O)ccc23)cn1. The van der Waals surface area contributed by atoms with Gasteiger partial charge in [0.2, 0.25) is 0 Å². The van der Waals surface area contributed by atoms with E-state index in [0.29, 0.717) is 24.3 Å². The van der Waals surface area contributed by atoms with Crippen LogP contribution in [-0.4, -0.2) is 57.5 Å². The number of aromatic nitrogens is 2. The number of fused-ring (bicyclic) bond motifs is 1. The molecule has 0 saturated heterocycles. The van der Waals surface area contributed by atoms with Gasteiger partial charge in [0.25, 0.3) is 5.91 Å². The molecule has 0 radical (unpaired) electrons. The van der Waals surface area contributed by atoms with E-state index in [1.807, 2.05) is 25.1 Å². The van der Waals surface area contributed by atoms with Crippen molar-refractivity contribution in [2.75, 3.05) is 26.0 Å². The maximum Gasteiger partial charge on any atom is 0.256 e. The fourth-order valence-electron chi connectivity index (χ4n) is 2.89. The highest BCUT2D eigenvalue weighted by Crippen LogP contribution is 2.24.